The molecule has 8 rings (SSSR count). The molecule has 0 aliphatic carbocycles. The zero-order chi connectivity index (χ0) is 32.7. The first kappa shape index (κ1) is 32.8. The van der Waals surface area contributed by atoms with Gasteiger partial charge in [-0.2, -0.15) is 0 Å². The van der Waals surface area contributed by atoms with Gasteiger partial charge in [0.15, 0.2) is 0 Å². The second kappa shape index (κ2) is 13.6. The summed E-state index contributed by atoms with van der Waals surface area (Å²) in [6.45, 7) is 10.5. The molecule has 4 nitrogen and oxygen atoms in total. The van der Waals surface area contributed by atoms with Crippen LogP contribution in [0.5, 0.6) is 5.75 Å². The number of hydrogen-bond acceptors (Lipinski definition) is 3. The number of imidazole rings is 1. The number of para-hydroxylation sites is 4. The maximum atomic E-state index is 10.3. The Morgan fingerprint density at radius 2 is 1.38 bits per heavy atom. The van der Waals surface area contributed by atoms with E-state index in [4.69, 9.17) is 4.98 Å². The normalized spacial score (nSPS) is 10.9. The Bertz CT molecular complexity index is 2400. The van der Waals surface area contributed by atoms with Gasteiger partial charge in [0.05, 0.1) is 22.3 Å². The van der Waals surface area contributed by atoms with Crippen molar-refractivity contribution in [1.29, 1.82) is 0 Å². The van der Waals surface area contributed by atoms with Crippen molar-refractivity contribution >= 4 is 32.6 Å². The summed E-state index contributed by atoms with van der Waals surface area (Å²) in [6, 6.07) is 42.5. The Kier molecular flexibility index (Phi) is 9.28. The SMILES string of the molecule is Cc1[c-]c(-c2nccc3c2ccc2cc(C)ccc23)cc(C)c1.Cc1cccc(C)c1-n1c(-c2ccccc2O)nc2ccccc21.[Ir]. The van der Waals surface area contributed by atoms with Crippen LogP contribution in [0.15, 0.2) is 121 Å². The molecule has 2 heterocycles. The molecule has 0 atom stereocenters. The van der Waals surface area contributed by atoms with Crippen LogP contribution in [0.25, 0.3) is 60.9 Å². The van der Waals surface area contributed by atoms with Crippen molar-refractivity contribution in [2.45, 2.75) is 34.6 Å². The largest absolute Gasteiger partial charge is 0.507 e. The maximum Gasteiger partial charge on any atom is 0.149 e. The van der Waals surface area contributed by atoms with Crippen molar-refractivity contribution in [3.05, 3.63) is 155 Å². The van der Waals surface area contributed by atoms with E-state index in [0.29, 0.717) is 0 Å². The minimum atomic E-state index is 0. The standard InChI is InChI=1S/C22H18N.C21H18N2O.Ir/c1-14-4-6-19-17(11-14)5-7-21-20(19)8-9-23-22(21)18-12-15(2)10-16(3)13-18;1-14-8-7-9-15(2)20(14)23-18-12-5-4-11-17(18)22-21(23)16-10-3-6-13-19(16)24;/h4-12H,1-3H3;3-13,24H,1-2H3;/q-1;;. The Balaban J connectivity index is 0.000000164. The summed E-state index contributed by atoms with van der Waals surface area (Å²) in [5.41, 5.74) is 11.9. The van der Waals surface area contributed by atoms with E-state index < -0.39 is 0 Å². The van der Waals surface area contributed by atoms with Gasteiger partial charge in [-0.1, -0.05) is 92.2 Å². The molecule has 0 aliphatic rings. The molecule has 1 radical (unpaired) electrons. The molecule has 0 fully saturated rings. The molecule has 0 bridgehead atoms. The summed E-state index contributed by atoms with van der Waals surface area (Å²) in [5.74, 6) is 0.993. The van der Waals surface area contributed by atoms with Crippen molar-refractivity contribution in [2.75, 3.05) is 0 Å². The van der Waals surface area contributed by atoms with Crippen LogP contribution in [0.3, 0.4) is 0 Å². The van der Waals surface area contributed by atoms with E-state index in [0.717, 1.165) is 44.9 Å². The summed E-state index contributed by atoms with van der Waals surface area (Å²) in [4.78, 5) is 9.46. The summed E-state index contributed by atoms with van der Waals surface area (Å²) in [7, 11) is 0. The smallest absolute Gasteiger partial charge is 0.149 e. The third-order valence-electron chi connectivity index (χ3n) is 8.69. The predicted octanol–water partition coefficient (Wildman–Crippen LogP) is 10.8. The minimum Gasteiger partial charge on any atom is -0.507 e. The topological polar surface area (TPSA) is 50.9 Å². The van der Waals surface area contributed by atoms with Gasteiger partial charge < -0.3 is 10.1 Å². The molecular weight excluding hydrogens is 767 g/mol. The molecule has 48 heavy (non-hydrogen) atoms. The number of pyridine rings is 1. The Hall–Kier alpha value is -5.09. The molecule has 239 valence electrons. The van der Waals surface area contributed by atoms with Gasteiger partial charge in [0.25, 0.3) is 0 Å². The molecule has 0 saturated heterocycles. The van der Waals surface area contributed by atoms with Gasteiger partial charge in [0.1, 0.15) is 11.6 Å². The molecular formula is C43H36IrN3O-. The van der Waals surface area contributed by atoms with Crippen molar-refractivity contribution < 1.29 is 25.2 Å². The van der Waals surface area contributed by atoms with Gasteiger partial charge in [-0.15, -0.1) is 34.9 Å². The molecule has 5 heteroatoms. The van der Waals surface area contributed by atoms with Crippen LogP contribution in [-0.2, 0) is 20.1 Å². The fraction of sp³-hybridized carbons (Fsp3) is 0.116. The van der Waals surface area contributed by atoms with Gasteiger partial charge in [-0.3, -0.25) is 4.57 Å². The molecule has 1 N–H and O–H groups in total. The number of benzene rings is 6. The van der Waals surface area contributed by atoms with Crippen molar-refractivity contribution in [3.8, 4) is 34.1 Å². The average Bonchev–Trinajstić information content (AvgIpc) is 3.43. The number of aromatic hydroxyl groups is 1. The number of aryl methyl sites for hydroxylation is 5. The molecule has 2 aromatic heterocycles. The Morgan fingerprint density at radius 3 is 2.15 bits per heavy atom. The monoisotopic (exact) mass is 803 g/mol. The van der Waals surface area contributed by atoms with Crippen molar-refractivity contribution in [2.24, 2.45) is 0 Å². The second-order valence-electron chi connectivity index (χ2n) is 12.3. The first-order chi connectivity index (χ1) is 22.8. The molecule has 0 aliphatic heterocycles. The number of hydrogen-bond donors (Lipinski definition) is 1. The van der Waals surface area contributed by atoms with E-state index in [1.807, 2.05) is 42.6 Å². The van der Waals surface area contributed by atoms with E-state index in [1.54, 1.807) is 6.07 Å². The second-order valence-corrected chi connectivity index (χ2v) is 12.3. The van der Waals surface area contributed by atoms with E-state index in [2.05, 4.69) is 123 Å². The van der Waals surface area contributed by atoms with Crippen LogP contribution < -0.4 is 0 Å². The molecule has 0 spiro atoms. The minimum absolute atomic E-state index is 0. The zero-order valence-electron chi connectivity index (χ0n) is 27.7. The summed E-state index contributed by atoms with van der Waals surface area (Å²) in [6.07, 6.45) is 1.91. The van der Waals surface area contributed by atoms with Crippen molar-refractivity contribution in [1.82, 2.24) is 14.5 Å². The molecule has 0 saturated carbocycles. The molecule has 0 unspecified atom stereocenters. The summed E-state index contributed by atoms with van der Waals surface area (Å²) in [5, 5.41) is 15.3. The number of aromatic nitrogens is 3. The van der Waals surface area contributed by atoms with E-state index in [-0.39, 0.29) is 25.9 Å². The van der Waals surface area contributed by atoms with Crippen LogP contribution in [0.1, 0.15) is 27.8 Å². The third kappa shape index (κ3) is 6.15. The zero-order valence-corrected chi connectivity index (χ0v) is 30.1. The number of phenols is 1. The van der Waals surface area contributed by atoms with Gasteiger partial charge in [-0.05, 0) is 89.5 Å². The number of fused-ring (bicyclic) bond motifs is 4. The quantitative estimate of drug-likeness (QED) is 0.143. The molecule has 0 amide bonds. The van der Waals surface area contributed by atoms with Crippen molar-refractivity contribution in [3.63, 3.8) is 0 Å². The van der Waals surface area contributed by atoms with E-state index in [1.165, 1.54) is 43.8 Å². The Labute approximate surface area is 295 Å². The molecule has 6 aromatic carbocycles. The summed E-state index contributed by atoms with van der Waals surface area (Å²) >= 11 is 0. The fourth-order valence-electron chi connectivity index (χ4n) is 6.61. The Morgan fingerprint density at radius 1 is 0.646 bits per heavy atom. The first-order valence-electron chi connectivity index (χ1n) is 15.9. The van der Waals surface area contributed by atoms with E-state index >= 15 is 0 Å². The van der Waals surface area contributed by atoms with Gasteiger partial charge >= 0.3 is 0 Å². The van der Waals surface area contributed by atoms with Gasteiger partial charge in [-0.25, -0.2) is 4.98 Å². The van der Waals surface area contributed by atoms with Crippen LogP contribution >= 0.6 is 0 Å². The van der Waals surface area contributed by atoms with Crippen LogP contribution in [0, 0.1) is 40.7 Å². The van der Waals surface area contributed by atoms with E-state index in [9.17, 15) is 5.11 Å². The number of nitrogens with zero attached hydrogens (tertiary/aromatic N) is 3. The number of phenolic OH excluding ortho intramolecular Hbond substituents is 1. The van der Waals surface area contributed by atoms with Crippen LogP contribution in [0.2, 0.25) is 0 Å². The fourth-order valence-corrected chi connectivity index (χ4v) is 6.61. The average molecular weight is 803 g/mol. The van der Waals surface area contributed by atoms with Crippen LogP contribution in [0.4, 0.5) is 0 Å². The number of rotatable bonds is 3. The maximum absolute atomic E-state index is 10.3. The first-order valence-corrected chi connectivity index (χ1v) is 15.9. The predicted molar refractivity (Wildman–Crippen MR) is 195 cm³/mol. The molecule has 8 aromatic rings. The third-order valence-corrected chi connectivity index (χ3v) is 8.69. The van der Waals surface area contributed by atoms with Gasteiger partial charge in [0, 0.05) is 26.3 Å². The summed E-state index contributed by atoms with van der Waals surface area (Å²) < 4.78 is 2.15. The van der Waals surface area contributed by atoms with Gasteiger partial charge in [0.2, 0.25) is 0 Å². The van der Waals surface area contributed by atoms with Crippen LogP contribution in [-0.4, -0.2) is 19.6 Å².